The molecule has 1 unspecified atom stereocenters. The van der Waals surface area contributed by atoms with E-state index in [9.17, 15) is 0 Å². The second kappa shape index (κ2) is 7.46. The van der Waals surface area contributed by atoms with Crippen LogP contribution in [0.25, 0.3) is 0 Å². The fourth-order valence-electron chi connectivity index (χ4n) is 1.83. The predicted octanol–water partition coefficient (Wildman–Crippen LogP) is 5.32. The molecule has 0 spiro atoms. The summed E-state index contributed by atoms with van der Waals surface area (Å²) in [6, 6.07) is 10.6. The lowest BCUT2D eigenvalue weighted by molar-refractivity contribution is 0.597. The van der Waals surface area contributed by atoms with Crippen molar-refractivity contribution < 1.29 is 0 Å². The number of nitrogens with one attached hydrogen (secondary N) is 1. The molecule has 20 heavy (non-hydrogen) atoms. The molecule has 2 aromatic rings. The number of hydrogen-bond acceptors (Lipinski definition) is 3. The second-order valence-electron chi connectivity index (χ2n) is 4.39. The van der Waals surface area contributed by atoms with Crippen LogP contribution in [0.1, 0.15) is 25.5 Å². The van der Waals surface area contributed by atoms with Crippen molar-refractivity contribution in [2.75, 3.05) is 6.54 Å². The molecule has 0 bridgehead atoms. The Balaban J connectivity index is 2.15. The highest BCUT2D eigenvalue weighted by Crippen LogP contribution is 2.34. The van der Waals surface area contributed by atoms with Crippen molar-refractivity contribution in [3.05, 3.63) is 51.6 Å². The van der Waals surface area contributed by atoms with E-state index in [-0.39, 0.29) is 0 Å². The average molecular weight is 372 g/mol. The predicted molar refractivity (Wildman–Crippen MR) is 89.6 cm³/mol. The first-order chi connectivity index (χ1) is 9.60. The van der Waals surface area contributed by atoms with E-state index in [2.05, 4.69) is 58.3 Å². The quantitative estimate of drug-likeness (QED) is 0.770. The van der Waals surface area contributed by atoms with Crippen LogP contribution in [-0.4, -0.2) is 11.5 Å². The van der Waals surface area contributed by atoms with Crippen molar-refractivity contribution in [2.24, 2.45) is 0 Å². The zero-order valence-electron chi connectivity index (χ0n) is 11.4. The first kappa shape index (κ1) is 15.8. The zero-order chi connectivity index (χ0) is 14.5. The third-order valence-electron chi connectivity index (χ3n) is 2.88. The molecule has 1 heterocycles. The number of benzene rings is 1. The maximum atomic E-state index is 5.84. The van der Waals surface area contributed by atoms with Crippen molar-refractivity contribution in [1.29, 1.82) is 0 Å². The number of rotatable bonds is 5. The molecule has 5 heteroatoms. The van der Waals surface area contributed by atoms with E-state index >= 15 is 0 Å². The van der Waals surface area contributed by atoms with Gasteiger partial charge in [-0.05, 0) is 59.2 Å². The van der Waals surface area contributed by atoms with Crippen molar-refractivity contribution in [3.63, 3.8) is 0 Å². The van der Waals surface area contributed by atoms with Gasteiger partial charge >= 0.3 is 0 Å². The Morgan fingerprint density at radius 3 is 2.75 bits per heavy atom. The molecule has 106 valence electrons. The Kier molecular flexibility index (Phi) is 5.90. The average Bonchev–Trinajstić information content (AvgIpc) is 2.43. The summed E-state index contributed by atoms with van der Waals surface area (Å²) in [5.41, 5.74) is 1.27. The van der Waals surface area contributed by atoms with Gasteiger partial charge < -0.3 is 5.32 Å². The van der Waals surface area contributed by atoms with E-state index in [1.807, 2.05) is 12.1 Å². The van der Waals surface area contributed by atoms with Gasteiger partial charge in [0.25, 0.3) is 0 Å². The van der Waals surface area contributed by atoms with Crippen LogP contribution in [0.5, 0.6) is 0 Å². The maximum Gasteiger partial charge on any atom is 0.101 e. The van der Waals surface area contributed by atoms with Crippen molar-refractivity contribution >= 4 is 39.3 Å². The number of hydrogen-bond donors (Lipinski definition) is 1. The number of aromatic nitrogens is 1. The minimum atomic E-state index is 0.351. The largest absolute Gasteiger partial charge is 0.310 e. The first-order valence-electron chi connectivity index (χ1n) is 6.42. The van der Waals surface area contributed by atoms with E-state index in [4.69, 9.17) is 11.6 Å². The van der Waals surface area contributed by atoms with Gasteiger partial charge in [0.2, 0.25) is 0 Å². The topological polar surface area (TPSA) is 24.9 Å². The maximum absolute atomic E-state index is 5.84. The van der Waals surface area contributed by atoms with Gasteiger partial charge in [-0.25, -0.2) is 4.98 Å². The van der Waals surface area contributed by atoms with Crippen LogP contribution in [-0.2, 0) is 0 Å². The Morgan fingerprint density at radius 1 is 1.35 bits per heavy atom. The number of pyridine rings is 1. The Labute approximate surface area is 137 Å². The fraction of sp³-hybridized carbons (Fsp3) is 0.267. The molecule has 0 aliphatic carbocycles. The zero-order valence-corrected chi connectivity index (χ0v) is 14.5. The van der Waals surface area contributed by atoms with Gasteiger partial charge in [0.15, 0.2) is 0 Å². The molecular formula is C15H16BrClN2S. The molecular weight excluding hydrogens is 356 g/mol. The highest BCUT2D eigenvalue weighted by atomic mass is 79.9. The minimum absolute atomic E-state index is 0.351. The molecule has 2 nitrogen and oxygen atoms in total. The molecule has 1 aromatic carbocycles. The van der Waals surface area contributed by atoms with Crippen LogP contribution < -0.4 is 5.32 Å². The Morgan fingerprint density at radius 2 is 2.15 bits per heavy atom. The summed E-state index contributed by atoms with van der Waals surface area (Å²) in [4.78, 5) is 5.45. The Bertz CT molecular complexity index is 575. The molecule has 0 amide bonds. The van der Waals surface area contributed by atoms with Crippen molar-refractivity contribution in [3.8, 4) is 0 Å². The van der Waals surface area contributed by atoms with E-state index < -0.39 is 0 Å². The number of nitrogens with zero attached hydrogens (tertiary/aromatic N) is 1. The van der Waals surface area contributed by atoms with E-state index in [0.29, 0.717) is 11.1 Å². The molecule has 1 atom stereocenters. The van der Waals surface area contributed by atoms with Crippen molar-refractivity contribution in [2.45, 2.75) is 29.8 Å². The summed E-state index contributed by atoms with van der Waals surface area (Å²) < 4.78 is 1.08. The van der Waals surface area contributed by atoms with E-state index in [1.165, 1.54) is 5.56 Å². The molecule has 2 rings (SSSR count). The van der Waals surface area contributed by atoms with Gasteiger partial charge in [-0.15, -0.1) is 0 Å². The summed E-state index contributed by atoms with van der Waals surface area (Å²) >= 11 is 11.1. The highest BCUT2D eigenvalue weighted by molar-refractivity contribution is 9.10. The smallest absolute Gasteiger partial charge is 0.101 e. The van der Waals surface area contributed by atoms with Crippen LogP contribution >= 0.6 is 39.3 Å². The SMILES string of the molecule is CCNC(C)c1ccc(Sc2ccc(Cl)cn2)c(Br)c1. The third-order valence-corrected chi connectivity index (χ3v) is 5.05. The standard InChI is InChI=1S/C15H16BrClN2S/c1-3-18-10(2)11-4-6-14(13(16)8-11)20-15-7-5-12(17)9-19-15/h4-10,18H,3H2,1-2H3. The Hall–Kier alpha value is -0.550. The monoisotopic (exact) mass is 370 g/mol. The van der Waals surface area contributed by atoms with Gasteiger partial charge in [0.1, 0.15) is 5.03 Å². The van der Waals surface area contributed by atoms with Crippen LogP contribution in [0.15, 0.2) is 50.9 Å². The van der Waals surface area contributed by atoms with Crippen molar-refractivity contribution in [1.82, 2.24) is 10.3 Å². The van der Waals surface area contributed by atoms with Gasteiger partial charge in [-0.2, -0.15) is 0 Å². The minimum Gasteiger partial charge on any atom is -0.310 e. The van der Waals surface area contributed by atoms with Crippen LogP contribution in [0.3, 0.4) is 0 Å². The lowest BCUT2D eigenvalue weighted by Crippen LogP contribution is -2.17. The van der Waals surface area contributed by atoms with E-state index in [0.717, 1.165) is 20.9 Å². The molecule has 1 N–H and O–H groups in total. The fourth-order valence-corrected chi connectivity index (χ4v) is 3.34. The summed E-state index contributed by atoms with van der Waals surface area (Å²) in [5, 5.41) is 5.00. The molecule has 0 radical (unpaired) electrons. The van der Waals surface area contributed by atoms with Gasteiger partial charge in [-0.3, -0.25) is 0 Å². The third kappa shape index (κ3) is 4.22. The molecule has 0 aliphatic heterocycles. The van der Waals surface area contributed by atoms with E-state index in [1.54, 1.807) is 18.0 Å². The van der Waals surface area contributed by atoms with Gasteiger partial charge in [0.05, 0.1) is 5.02 Å². The lowest BCUT2D eigenvalue weighted by Gasteiger charge is -2.14. The summed E-state index contributed by atoms with van der Waals surface area (Å²) in [6.45, 7) is 5.24. The lowest BCUT2D eigenvalue weighted by atomic mass is 10.1. The van der Waals surface area contributed by atoms with Gasteiger partial charge in [-0.1, -0.05) is 36.4 Å². The van der Waals surface area contributed by atoms with Crippen LogP contribution in [0.2, 0.25) is 5.02 Å². The first-order valence-corrected chi connectivity index (χ1v) is 8.41. The second-order valence-corrected chi connectivity index (χ2v) is 6.74. The van der Waals surface area contributed by atoms with Gasteiger partial charge in [0, 0.05) is 21.6 Å². The normalized spacial score (nSPS) is 12.4. The summed E-state index contributed by atoms with van der Waals surface area (Å²) in [5.74, 6) is 0. The summed E-state index contributed by atoms with van der Waals surface area (Å²) in [6.07, 6.45) is 1.67. The molecule has 0 fully saturated rings. The number of halogens is 2. The molecule has 0 saturated heterocycles. The van der Waals surface area contributed by atoms with Crippen LogP contribution in [0, 0.1) is 0 Å². The molecule has 1 aromatic heterocycles. The molecule has 0 aliphatic rings. The highest BCUT2D eigenvalue weighted by Gasteiger charge is 2.08. The van der Waals surface area contributed by atoms with Crippen LogP contribution in [0.4, 0.5) is 0 Å². The molecule has 0 saturated carbocycles. The summed E-state index contributed by atoms with van der Waals surface area (Å²) in [7, 11) is 0.